The second kappa shape index (κ2) is 3.47. The number of hydrogen-bond donors (Lipinski definition) is 0. The summed E-state index contributed by atoms with van der Waals surface area (Å²) in [7, 11) is 0. The van der Waals surface area contributed by atoms with E-state index in [0.717, 1.165) is 11.9 Å². The molecule has 0 aromatic rings. The summed E-state index contributed by atoms with van der Waals surface area (Å²) in [5.41, 5.74) is 0. The minimum absolute atomic E-state index is 0.508. The average molecular weight is 146 g/mol. The molecular formula is C7H14OS. The van der Waals surface area contributed by atoms with Crippen molar-refractivity contribution in [3.05, 3.63) is 0 Å². The average Bonchev–Trinajstić information content (AvgIpc) is 1.90. The predicted molar refractivity (Wildman–Crippen MR) is 42.0 cm³/mol. The van der Waals surface area contributed by atoms with Gasteiger partial charge in [0.25, 0.3) is 0 Å². The molecule has 1 heterocycles. The van der Waals surface area contributed by atoms with Crippen molar-refractivity contribution in [2.45, 2.75) is 31.1 Å². The molecule has 0 spiro atoms. The van der Waals surface area contributed by atoms with Crippen molar-refractivity contribution in [1.29, 1.82) is 0 Å². The van der Waals surface area contributed by atoms with E-state index >= 15 is 0 Å². The maximum absolute atomic E-state index is 5.46. The van der Waals surface area contributed by atoms with Gasteiger partial charge in [-0.2, -0.15) is 11.8 Å². The summed E-state index contributed by atoms with van der Waals surface area (Å²) < 4.78 is 5.46. The van der Waals surface area contributed by atoms with Crippen molar-refractivity contribution in [1.82, 2.24) is 0 Å². The summed E-state index contributed by atoms with van der Waals surface area (Å²) in [4.78, 5) is 0. The standard InChI is InChI=1S/C7H14OS/c1-6-3-4-7(9-2)5-8-6/h6-7H,3-5H2,1-2H3/t6-,7?/m0/s1. The van der Waals surface area contributed by atoms with Gasteiger partial charge in [-0.3, -0.25) is 0 Å². The molecule has 0 saturated carbocycles. The molecule has 1 unspecified atom stereocenters. The maximum atomic E-state index is 5.46. The third-order valence-electron chi connectivity index (χ3n) is 1.80. The summed E-state index contributed by atoms with van der Waals surface area (Å²) in [6.45, 7) is 3.11. The largest absolute Gasteiger partial charge is 0.377 e. The molecule has 1 rings (SSSR count). The van der Waals surface area contributed by atoms with Gasteiger partial charge < -0.3 is 4.74 Å². The second-order valence-electron chi connectivity index (χ2n) is 2.58. The van der Waals surface area contributed by atoms with E-state index < -0.39 is 0 Å². The molecule has 0 aromatic carbocycles. The topological polar surface area (TPSA) is 9.23 Å². The van der Waals surface area contributed by atoms with E-state index in [1.165, 1.54) is 12.8 Å². The first-order valence-electron chi connectivity index (χ1n) is 3.47. The predicted octanol–water partition coefficient (Wildman–Crippen LogP) is 1.92. The second-order valence-corrected chi connectivity index (χ2v) is 3.72. The zero-order valence-corrected chi connectivity index (χ0v) is 6.91. The van der Waals surface area contributed by atoms with Crippen LogP contribution in [0.2, 0.25) is 0 Å². The zero-order valence-electron chi connectivity index (χ0n) is 6.09. The Balaban J connectivity index is 2.18. The van der Waals surface area contributed by atoms with Gasteiger partial charge in [0.05, 0.1) is 12.7 Å². The minimum atomic E-state index is 0.508. The first kappa shape index (κ1) is 7.42. The van der Waals surface area contributed by atoms with Crippen LogP contribution < -0.4 is 0 Å². The summed E-state index contributed by atoms with van der Waals surface area (Å²) >= 11 is 1.92. The van der Waals surface area contributed by atoms with Crippen LogP contribution in [-0.2, 0) is 4.74 Å². The normalized spacial score (nSPS) is 36.7. The van der Waals surface area contributed by atoms with Gasteiger partial charge in [-0.1, -0.05) is 0 Å². The lowest BCUT2D eigenvalue weighted by atomic mass is 10.1. The van der Waals surface area contributed by atoms with Gasteiger partial charge in [0.2, 0.25) is 0 Å². The summed E-state index contributed by atoms with van der Waals surface area (Å²) in [5, 5.41) is 0.765. The van der Waals surface area contributed by atoms with Crippen molar-refractivity contribution >= 4 is 11.8 Å². The summed E-state index contributed by atoms with van der Waals surface area (Å²) in [6.07, 6.45) is 5.24. The molecule has 1 aliphatic heterocycles. The number of hydrogen-bond acceptors (Lipinski definition) is 2. The summed E-state index contributed by atoms with van der Waals surface area (Å²) in [6, 6.07) is 0. The fraction of sp³-hybridized carbons (Fsp3) is 1.00. The number of rotatable bonds is 1. The Labute approximate surface area is 61.2 Å². The summed E-state index contributed by atoms with van der Waals surface area (Å²) in [5.74, 6) is 0. The van der Waals surface area contributed by atoms with Crippen molar-refractivity contribution in [2.24, 2.45) is 0 Å². The Kier molecular flexibility index (Phi) is 2.86. The third kappa shape index (κ3) is 2.18. The fourth-order valence-electron chi connectivity index (χ4n) is 1.04. The minimum Gasteiger partial charge on any atom is -0.377 e. The van der Waals surface area contributed by atoms with Crippen molar-refractivity contribution in [3.8, 4) is 0 Å². The highest BCUT2D eigenvalue weighted by Crippen LogP contribution is 2.21. The quantitative estimate of drug-likeness (QED) is 0.559. The van der Waals surface area contributed by atoms with Crippen LogP contribution in [0, 0.1) is 0 Å². The van der Waals surface area contributed by atoms with Crippen LogP contribution in [0.4, 0.5) is 0 Å². The van der Waals surface area contributed by atoms with E-state index in [4.69, 9.17) is 4.74 Å². The third-order valence-corrected chi connectivity index (χ3v) is 2.83. The van der Waals surface area contributed by atoms with E-state index in [2.05, 4.69) is 13.2 Å². The lowest BCUT2D eigenvalue weighted by Gasteiger charge is -2.25. The molecule has 0 amide bonds. The number of ether oxygens (including phenoxy) is 1. The van der Waals surface area contributed by atoms with Gasteiger partial charge in [-0.15, -0.1) is 0 Å². The van der Waals surface area contributed by atoms with Gasteiger partial charge in [0, 0.05) is 5.25 Å². The van der Waals surface area contributed by atoms with E-state index in [9.17, 15) is 0 Å². The smallest absolute Gasteiger partial charge is 0.0588 e. The van der Waals surface area contributed by atoms with Gasteiger partial charge in [0.15, 0.2) is 0 Å². The van der Waals surface area contributed by atoms with E-state index in [1.807, 2.05) is 11.8 Å². The van der Waals surface area contributed by atoms with Crippen LogP contribution in [0.15, 0.2) is 0 Å². The highest BCUT2D eigenvalue weighted by Gasteiger charge is 2.16. The highest BCUT2D eigenvalue weighted by molar-refractivity contribution is 7.99. The molecule has 1 nitrogen and oxygen atoms in total. The molecule has 1 aliphatic rings. The molecule has 0 bridgehead atoms. The fourth-order valence-corrected chi connectivity index (χ4v) is 1.63. The Morgan fingerprint density at radius 2 is 2.22 bits per heavy atom. The Bertz CT molecular complexity index is 77.0. The van der Waals surface area contributed by atoms with E-state index in [-0.39, 0.29) is 0 Å². The van der Waals surface area contributed by atoms with E-state index in [1.54, 1.807) is 0 Å². The maximum Gasteiger partial charge on any atom is 0.0588 e. The zero-order chi connectivity index (χ0) is 6.69. The van der Waals surface area contributed by atoms with Crippen molar-refractivity contribution in [3.63, 3.8) is 0 Å². The van der Waals surface area contributed by atoms with Crippen LogP contribution in [0.1, 0.15) is 19.8 Å². The molecule has 2 atom stereocenters. The van der Waals surface area contributed by atoms with Crippen molar-refractivity contribution in [2.75, 3.05) is 12.9 Å². The molecule has 1 fully saturated rings. The monoisotopic (exact) mass is 146 g/mol. The molecule has 2 heteroatoms. The van der Waals surface area contributed by atoms with Crippen LogP contribution in [-0.4, -0.2) is 24.2 Å². The first-order valence-corrected chi connectivity index (χ1v) is 4.76. The highest BCUT2D eigenvalue weighted by atomic mass is 32.2. The van der Waals surface area contributed by atoms with Gasteiger partial charge in [-0.25, -0.2) is 0 Å². The molecule has 9 heavy (non-hydrogen) atoms. The molecule has 1 saturated heterocycles. The SMILES string of the molecule is CSC1CC[C@H](C)OC1. The molecule has 0 N–H and O–H groups in total. The Morgan fingerprint density at radius 1 is 1.44 bits per heavy atom. The van der Waals surface area contributed by atoms with Gasteiger partial charge in [-0.05, 0) is 26.0 Å². The Hall–Kier alpha value is 0.310. The van der Waals surface area contributed by atoms with Crippen LogP contribution in [0.3, 0.4) is 0 Å². The molecule has 0 radical (unpaired) electrons. The van der Waals surface area contributed by atoms with Crippen LogP contribution in [0.25, 0.3) is 0 Å². The molecular weight excluding hydrogens is 132 g/mol. The van der Waals surface area contributed by atoms with Gasteiger partial charge >= 0.3 is 0 Å². The number of thioether (sulfide) groups is 1. The lowest BCUT2D eigenvalue weighted by Crippen LogP contribution is -2.24. The van der Waals surface area contributed by atoms with Crippen molar-refractivity contribution < 1.29 is 4.74 Å². The Morgan fingerprint density at radius 3 is 2.67 bits per heavy atom. The molecule has 0 aromatic heterocycles. The molecule has 0 aliphatic carbocycles. The lowest BCUT2D eigenvalue weighted by molar-refractivity contribution is 0.0324. The van der Waals surface area contributed by atoms with E-state index in [0.29, 0.717) is 6.10 Å². The first-order chi connectivity index (χ1) is 4.33. The van der Waals surface area contributed by atoms with Gasteiger partial charge in [0.1, 0.15) is 0 Å². The molecule has 54 valence electrons. The van der Waals surface area contributed by atoms with Crippen LogP contribution >= 0.6 is 11.8 Å². The van der Waals surface area contributed by atoms with Crippen LogP contribution in [0.5, 0.6) is 0 Å².